The first-order valence-corrected chi connectivity index (χ1v) is 16.5. The number of allylic oxidation sites excluding steroid dienone is 5. The number of aliphatic hydroxyl groups is 1. The Labute approximate surface area is 276 Å². The van der Waals surface area contributed by atoms with Crippen LogP contribution in [0.2, 0.25) is 0 Å². The van der Waals surface area contributed by atoms with Crippen molar-refractivity contribution in [2.75, 3.05) is 0 Å². The number of Topliss-reactive ketones (excluding diaryl/α,β-unsaturated/α-hetero) is 2. The third-order valence-electron chi connectivity index (χ3n) is 10.9. The van der Waals surface area contributed by atoms with Gasteiger partial charge in [0.05, 0.1) is 17.3 Å². The fourth-order valence-corrected chi connectivity index (χ4v) is 8.64. The molecule has 9 nitrogen and oxygen atoms in total. The molecule has 4 bridgehead atoms. The second-order valence-electron chi connectivity index (χ2n) is 15.3. The van der Waals surface area contributed by atoms with Crippen LogP contribution in [-0.4, -0.2) is 55.3 Å². The molecule has 47 heavy (non-hydrogen) atoms. The Morgan fingerprint density at radius 1 is 1.00 bits per heavy atom. The summed E-state index contributed by atoms with van der Waals surface area (Å²) in [5, 5.41) is 33.0. The molecule has 1 spiro atoms. The quantitative estimate of drug-likeness (QED) is 0.209. The van der Waals surface area contributed by atoms with Crippen LogP contribution in [0.4, 0.5) is 0 Å². The highest BCUT2D eigenvalue weighted by molar-refractivity contribution is 6.18. The monoisotopic (exact) mass is 646 g/mol. The summed E-state index contributed by atoms with van der Waals surface area (Å²) in [5.41, 5.74) is -1.83. The fraction of sp³-hybridized carbons (Fsp3) is 0.553. The fourth-order valence-electron chi connectivity index (χ4n) is 8.64. The second-order valence-corrected chi connectivity index (χ2v) is 15.3. The Kier molecular flexibility index (Phi) is 7.72. The lowest BCUT2D eigenvalue weighted by molar-refractivity contribution is -0.171. The number of ether oxygens (including phenoxy) is 3. The molecule has 2 fully saturated rings. The number of hydrogen-bond donors (Lipinski definition) is 3. The number of fused-ring (bicyclic) bond motifs is 2. The summed E-state index contributed by atoms with van der Waals surface area (Å²) in [4.78, 5) is 40.9. The van der Waals surface area contributed by atoms with E-state index >= 15 is 0 Å². The smallest absolute Gasteiger partial charge is 0.330 e. The summed E-state index contributed by atoms with van der Waals surface area (Å²) in [5.74, 6) is -2.90. The van der Waals surface area contributed by atoms with E-state index in [0.29, 0.717) is 18.4 Å². The molecule has 3 N–H and O–H groups in total. The number of aliphatic hydroxyl groups excluding tert-OH is 1. The van der Waals surface area contributed by atoms with Gasteiger partial charge in [-0.05, 0) is 81.1 Å². The molecule has 252 valence electrons. The van der Waals surface area contributed by atoms with Gasteiger partial charge in [-0.25, -0.2) is 4.79 Å². The summed E-state index contributed by atoms with van der Waals surface area (Å²) in [6.45, 7) is 15.1. The summed E-state index contributed by atoms with van der Waals surface area (Å²) in [7, 11) is 0. The third-order valence-corrected chi connectivity index (χ3v) is 10.9. The molecule has 3 heterocycles. The highest BCUT2D eigenvalue weighted by Gasteiger charge is 2.81. The summed E-state index contributed by atoms with van der Waals surface area (Å²) in [6.07, 6.45) is 8.28. The van der Waals surface area contributed by atoms with Crippen molar-refractivity contribution < 1.29 is 43.9 Å². The van der Waals surface area contributed by atoms with Gasteiger partial charge in [0.15, 0.2) is 22.8 Å². The molecule has 3 aliphatic heterocycles. The molecule has 0 amide bonds. The third kappa shape index (κ3) is 4.75. The second kappa shape index (κ2) is 10.9. The van der Waals surface area contributed by atoms with E-state index in [1.807, 2.05) is 54.5 Å². The summed E-state index contributed by atoms with van der Waals surface area (Å²) < 4.78 is 20.6. The van der Waals surface area contributed by atoms with Crippen LogP contribution in [0.25, 0.3) is 0 Å². The Bertz CT molecular complexity index is 1720. The minimum Gasteiger partial charge on any atom is -0.506 e. The van der Waals surface area contributed by atoms with Crippen LogP contribution in [-0.2, 0) is 20.7 Å². The SMILES string of the molecule is CC(C)=CCC[C@]1(C)C[C@@H](O)c2c(O)c3c(c(CC=C(C)C)c2O1)O[C@@]12C(=C[C@H]4C[C@H]1C(C)(C)O[C@@]2(C/C=C(\C)C(=O)O)C4=O)C3=O. The molecule has 1 aromatic carbocycles. The van der Waals surface area contributed by atoms with Crippen LogP contribution in [0.1, 0.15) is 115 Å². The van der Waals surface area contributed by atoms with Gasteiger partial charge in [0.25, 0.3) is 0 Å². The zero-order chi connectivity index (χ0) is 34.4. The van der Waals surface area contributed by atoms with Gasteiger partial charge in [-0.3, -0.25) is 9.59 Å². The average molecular weight is 647 g/mol. The van der Waals surface area contributed by atoms with E-state index in [0.717, 1.165) is 12.0 Å². The standard InChI is InChI=1S/C38H46O9/c1-19(2)10-9-14-36(8)18-25(39)27-30(41)28-29(40)24-16-22-17-26-35(6,7)47-37(33(22)42,15-13-21(5)34(43)44)38(24,26)46-32(28)23(31(27)45-36)12-11-20(3)4/h10-11,13,16,22,25-26,39,41H,9,12,14-15,17-18H2,1-8H3,(H,43,44)/b21-13+/t22-,25+,26-,36+,37-,38-/m0/s1. The van der Waals surface area contributed by atoms with Gasteiger partial charge in [-0.1, -0.05) is 35.5 Å². The summed E-state index contributed by atoms with van der Waals surface area (Å²) in [6, 6.07) is 0. The van der Waals surface area contributed by atoms with Crippen LogP contribution in [0.15, 0.2) is 46.6 Å². The number of aromatic hydroxyl groups is 1. The van der Waals surface area contributed by atoms with Crippen molar-refractivity contribution in [3.8, 4) is 17.2 Å². The zero-order valence-electron chi connectivity index (χ0n) is 28.6. The molecular weight excluding hydrogens is 600 g/mol. The highest BCUT2D eigenvalue weighted by atomic mass is 16.6. The van der Waals surface area contributed by atoms with Crippen LogP contribution in [0, 0.1) is 11.8 Å². The van der Waals surface area contributed by atoms with E-state index in [1.54, 1.807) is 6.08 Å². The maximum absolute atomic E-state index is 14.8. The number of carbonyl (C=O) groups is 3. The Balaban J connectivity index is 1.60. The van der Waals surface area contributed by atoms with Crippen molar-refractivity contribution in [2.24, 2.45) is 11.8 Å². The highest BCUT2D eigenvalue weighted by Crippen LogP contribution is 2.69. The number of ketones is 2. The van der Waals surface area contributed by atoms with Gasteiger partial charge in [-0.2, -0.15) is 0 Å². The van der Waals surface area contributed by atoms with Crippen LogP contribution < -0.4 is 9.47 Å². The van der Waals surface area contributed by atoms with Crippen molar-refractivity contribution in [2.45, 2.75) is 122 Å². The Hall–Kier alpha value is -3.69. The van der Waals surface area contributed by atoms with Gasteiger partial charge < -0.3 is 29.5 Å². The minimum atomic E-state index is -1.67. The Morgan fingerprint density at radius 2 is 1.68 bits per heavy atom. The van der Waals surface area contributed by atoms with E-state index < -0.39 is 52.1 Å². The van der Waals surface area contributed by atoms with E-state index in [-0.39, 0.29) is 64.6 Å². The van der Waals surface area contributed by atoms with Gasteiger partial charge >= 0.3 is 5.97 Å². The molecule has 7 rings (SSSR count). The van der Waals surface area contributed by atoms with Crippen LogP contribution in [0.3, 0.4) is 0 Å². The minimum absolute atomic E-state index is 0.0497. The van der Waals surface area contributed by atoms with Gasteiger partial charge in [-0.15, -0.1) is 0 Å². The molecular formula is C38H46O9. The first kappa shape index (κ1) is 33.2. The lowest BCUT2D eigenvalue weighted by Gasteiger charge is -2.56. The summed E-state index contributed by atoms with van der Waals surface area (Å²) >= 11 is 0. The van der Waals surface area contributed by atoms with E-state index in [4.69, 9.17) is 14.2 Å². The number of aliphatic carboxylic acids is 1. The number of carboxylic acids is 1. The molecule has 1 saturated carbocycles. The number of hydrogen-bond acceptors (Lipinski definition) is 8. The maximum atomic E-state index is 14.8. The van der Waals surface area contributed by atoms with Gasteiger partial charge in [0.1, 0.15) is 28.4 Å². The van der Waals surface area contributed by atoms with E-state index in [2.05, 4.69) is 6.08 Å². The molecule has 1 saturated heterocycles. The lowest BCUT2D eigenvalue weighted by Crippen LogP contribution is -2.72. The predicted octanol–water partition coefficient (Wildman–Crippen LogP) is 6.65. The van der Waals surface area contributed by atoms with Gasteiger partial charge in [0, 0.05) is 41.4 Å². The molecule has 0 unspecified atom stereocenters. The predicted molar refractivity (Wildman–Crippen MR) is 175 cm³/mol. The van der Waals surface area contributed by atoms with Crippen LogP contribution in [0.5, 0.6) is 17.2 Å². The molecule has 0 aromatic heterocycles. The normalized spacial score (nSPS) is 32.7. The number of carboxylic acid groups (broad SMARTS) is 1. The van der Waals surface area contributed by atoms with Crippen molar-refractivity contribution in [1.29, 1.82) is 0 Å². The number of phenolic OH excluding ortho intramolecular Hbond substituents is 1. The van der Waals surface area contributed by atoms with Crippen molar-refractivity contribution in [1.82, 2.24) is 0 Å². The maximum Gasteiger partial charge on any atom is 0.330 e. The topological polar surface area (TPSA) is 140 Å². The van der Waals surface area contributed by atoms with E-state index in [1.165, 1.54) is 18.6 Å². The number of phenols is 1. The van der Waals surface area contributed by atoms with Crippen LogP contribution >= 0.6 is 0 Å². The number of rotatable bonds is 8. The van der Waals surface area contributed by atoms with Crippen molar-refractivity contribution in [3.05, 3.63) is 63.3 Å². The lowest BCUT2D eigenvalue weighted by atomic mass is 9.51. The molecule has 0 radical (unpaired) electrons. The molecule has 1 aromatic rings. The first-order chi connectivity index (χ1) is 21.9. The van der Waals surface area contributed by atoms with Crippen molar-refractivity contribution >= 4 is 17.5 Å². The van der Waals surface area contributed by atoms with E-state index in [9.17, 15) is 29.7 Å². The molecule has 6 aliphatic rings. The largest absolute Gasteiger partial charge is 0.506 e. The molecule has 9 heteroatoms. The number of carbonyl (C=O) groups excluding carboxylic acids is 2. The molecule has 6 atom stereocenters. The van der Waals surface area contributed by atoms with Crippen molar-refractivity contribution in [3.63, 3.8) is 0 Å². The molecule has 3 aliphatic carbocycles. The zero-order valence-corrected chi connectivity index (χ0v) is 28.6. The Morgan fingerprint density at radius 3 is 2.32 bits per heavy atom. The first-order valence-electron chi connectivity index (χ1n) is 16.5. The van der Waals surface area contributed by atoms with Gasteiger partial charge in [0.2, 0.25) is 0 Å². The number of benzene rings is 1. The average Bonchev–Trinajstić information content (AvgIpc) is 3.11.